The fourth-order valence-electron chi connectivity index (χ4n) is 2.65. The highest BCUT2D eigenvalue weighted by Gasteiger charge is 2.19. The van der Waals surface area contributed by atoms with Gasteiger partial charge in [0.15, 0.2) is 0 Å². The molecule has 5 heteroatoms. The molecule has 0 aliphatic heterocycles. The smallest absolute Gasteiger partial charge is 0.492 e. The maximum atomic E-state index is 9.46. The van der Waals surface area contributed by atoms with Gasteiger partial charge >= 0.3 is 7.12 Å². The summed E-state index contributed by atoms with van der Waals surface area (Å²) in [5.41, 5.74) is 3.21. The first-order valence-corrected chi connectivity index (χ1v) is 7.65. The first-order chi connectivity index (χ1) is 11.7. The van der Waals surface area contributed by atoms with Crippen LogP contribution >= 0.6 is 0 Å². The lowest BCUT2D eigenvalue weighted by molar-refractivity contribution is 0.403. The fraction of sp³-hybridized carbons (Fsp3) is 0.0526. The Morgan fingerprint density at radius 2 is 1.29 bits per heavy atom. The average molecular weight is 319 g/mol. The summed E-state index contributed by atoms with van der Waals surface area (Å²) >= 11 is 0. The lowest BCUT2D eigenvalue weighted by Gasteiger charge is -2.26. The minimum Gasteiger partial charge on any atom is -0.497 e. The zero-order valence-corrected chi connectivity index (χ0v) is 13.3. The molecule has 120 valence electrons. The molecule has 0 amide bonds. The van der Waals surface area contributed by atoms with Gasteiger partial charge in [-0.1, -0.05) is 42.5 Å². The molecule has 0 unspecified atom stereocenters. The molecule has 0 bridgehead atoms. The number of nitrogens with zero attached hydrogens (tertiary/aromatic N) is 1. The lowest BCUT2D eigenvalue weighted by Crippen LogP contribution is -2.31. The number of benzene rings is 3. The number of hydrogen-bond donors (Lipinski definition) is 2. The normalized spacial score (nSPS) is 10.3. The summed E-state index contributed by atoms with van der Waals surface area (Å²) in [7, 11) is -0.0590. The highest BCUT2D eigenvalue weighted by molar-refractivity contribution is 6.59. The number of methoxy groups -OCH3 is 1. The standard InChI is InChI=1S/C19H18BNO3/c1-24-19-14-17(12-13-18(19)20(22)23)21(15-8-4-2-5-9-15)16-10-6-3-7-11-16/h2-14,22-23H,1H3. The van der Waals surface area contributed by atoms with E-state index in [-0.39, 0.29) is 0 Å². The molecule has 3 aromatic carbocycles. The highest BCUT2D eigenvalue weighted by atomic mass is 16.5. The van der Waals surface area contributed by atoms with E-state index in [0.29, 0.717) is 11.2 Å². The van der Waals surface area contributed by atoms with Crippen LogP contribution in [0.3, 0.4) is 0 Å². The van der Waals surface area contributed by atoms with Crippen LogP contribution in [0.15, 0.2) is 78.9 Å². The van der Waals surface area contributed by atoms with Crippen LogP contribution in [0.4, 0.5) is 17.1 Å². The largest absolute Gasteiger partial charge is 0.497 e. The number of hydrogen-bond acceptors (Lipinski definition) is 4. The van der Waals surface area contributed by atoms with Gasteiger partial charge in [0.2, 0.25) is 0 Å². The zero-order valence-electron chi connectivity index (χ0n) is 13.3. The molecule has 0 saturated heterocycles. The van der Waals surface area contributed by atoms with Gasteiger partial charge in [0, 0.05) is 28.6 Å². The molecule has 0 saturated carbocycles. The van der Waals surface area contributed by atoms with E-state index in [4.69, 9.17) is 4.74 Å². The van der Waals surface area contributed by atoms with Crippen molar-refractivity contribution in [1.82, 2.24) is 0 Å². The van der Waals surface area contributed by atoms with Gasteiger partial charge in [-0.2, -0.15) is 0 Å². The number of para-hydroxylation sites is 2. The van der Waals surface area contributed by atoms with Crippen molar-refractivity contribution in [2.45, 2.75) is 0 Å². The minimum atomic E-state index is -1.57. The van der Waals surface area contributed by atoms with Crippen molar-refractivity contribution in [3.05, 3.63) is 78.9 Å². The summed E-state index contributed by atoms with van der Waals surface area (Å²) in [5, 5.41) is 18.9. The maximum absolute atomic E-state index is 9.46. The Balaban J connectivity index is 2.13. The van der Waals surface area contributed by atoms with Gasteiger partial charge in [-0.25, -0.2) is 0 Å². The Morgan fingerprint density at radius 1 is 0.750 bits per heavy atom. The summed E-state index contributed by atoms with van der Waals surface area (Å²) in [6.07, 6.45) is 0. The predicted molar refractivity (Wildman–Crippen MR) is 97.5 cm³/mol. The van der Waals surface area contributed by atoms with Crippen molar-refractivity contribution >= 4 is 29.6 Å². The van der Waals surface area contributed by atoms with Crippen LogP contribution < -0.4 is 15.1 Å². The number of anilines is 3. The molecule has 0 atom stereocenters. The molecule has 0 spiro atoms. The van der Waals surface area contributed by atoms with Crippen LogP contribution in [0.5, 0.6) is 5.75 Å². The second kappa shape index (κ2) is 7.21. The topological polar surface area (TPSA) is 52.9 Å². The van der Waals surface area contributed by atoms with E-state index in [1.807, 2.05) is 66.7 Å². The van der Waals surface area contributed by atoms with Crippen LogP contribution in [0.25, 0.3) is 0 Å². The molecule has 0 aliphatic rings. The number of rotatable bonds is 5. The van der Waals surface area contributed by atoms with E-state index in [2.05, 4.69) is 4.90 Å². The molecule has 24 heavy (non-hydrogen) atoms. The molecular formula is C19H18BNO3. The van der Waals surface area contributed by atoms with Gasteiger partial charge in [-0.05, 0) is 30.3 Å². The van der Waals surface area contributed by atoms with Gasteiger partial charge in [-0.3, -0.25) is 0 Å². The fourth-order valence-corrected chi connectivity index (χ4v) is 2.65. The van der Waals surface area contributed by atoms with Crippen LogP contribution in [-0.2, 0) is 0 Å². The van der Waals surface area contributed by atoms with E-state index in [1.54, 1.807) is 12.1 Å². The van der Waals surface area contributed by atoms with E-state index in [0.717, 1.165) is 17.1 Å². The van der Waals surface area contributed by atoms with Gasteiger partial charge in [0.25, 0.3) is 0 Å². The molecule has 0 fully saturated rings. The second-order valence-electron chi connectivity index (χ2n) is 5.31. The molecule has 3 rings (SSSR count). The van der Waals surface area contributed by atoms with E-state index in [9.17, 15) is 10.0 Å². The summed E-state index contributed by atoms with van der Waals surface area (Å²) < 4.78 is 5.32. The van der Waals surface area contributed by atoms with Crippen molar-refractivity contribution in [3.63, 3.8) is 0 Å². The summed E-state index contributed by atoms with van der Waals surface area (Å²) in [6, 6.07) is 25.3. The Kier molecular flexibility index (Phi) is 4.84. The van der Waals surface area contributed by atoms with Gasteiger partial charge < -0.3 is 19.7 Å². The third-order valence-electron chi connectivity index (χ3n) is 3.78. The SMILES string of the molecule is COc1cc(N(c2ccccc2)c2ccccc2)ccc1B(O)O. The molecule has 0 radical (unpaired) electrons. The molecule has 0 aromatic heterocycles. The monoisotopic (exact) mass is 319 g/mol. The zero-order chi connectivity index (χ0) is 16.9. The second-order valence-corrected chi connectivity index (χ2v) is 5.31. The first kappa shape index (κ1) is 16.1. The van der Waals surface area contributed by atoms with Crippen LogP contribution in [-0.4, -0.2) is 24.3 Å². The quantitative estimate of drug-likeness (QED) is 0.710. The Labute approximate surface area is 141 Å². The van der Waals surface area contributed by atoms with Crippen molar-refractivity contribution in [1.29, 1.82) is 0 Å². The van der Waals surface area contributed by atoms with Crippen LogP contribution in [0.1, 0.15) is 0 Å². The predicted octanol–water partition coefficient (Wildman–Crippen LogP) is 2.84. The summed E-state index contributed by atoms with van der Waals surface area (Å²) in [5.74, 6) is 0.430. The summed E-state index contributed by atoms with van der Waals surface area (Å²) in [4.78, 5) is 2.08. The van der Waals surface area contributed by atoms with E-state index in [1.165, 1.54) is 7.11 Å². The van der Waals surface area contributed by atoms with Crippen LogP contribution in [0.2, 0.25) is 0 Å². The minimum absolute atomic E-state index is 0.335. The third-order valence-corrected chi connectivity index (χ3v) is 3.78. The Morgan fingerprint density at radius 3 is 1.75 bits per heavy atom. The molecule has 2 N–H and O–H groups in total. The maximum Gasteiger partial charge on any atom is 0.492 e. The third kappa shape index (κ3) is 3.27. The average Bonchev–Trinajstić information content (AvgIpc) is 2.63. The first-order valence-electron chi connectivity index (χ1n) is 7.65. The van der Waals surface area contributed by atoms with Crippen molar-refractivity contribution in [2.24, 2.45) is 0 Å². The van der Waals surface area contributed by atoms with Gasteiger partial charge in [0.1, 0.15) is 5.75 Å². The van der Waals surface area contributed by atoms with E-state index >= 15 is 0 Å². The van der Waals surface area contributed by atoms with Gasteiger partial charge in [-0.15, -0.1) is 0 Å². The lowest BCUT2D eigenvalue weighted by atomic mass is 9.79. The Bertz CT molecular complexity index is 755. The molecule has 0 aliphatic carbocycles. The molecule has 0 heterocycles. The van der Waals surface area contributed by atoms with Crippen molar-refractivity contribution in [3.8, 4) is 5.75 Å². The van der Waals surface area contributed by atoms with Crippen molar-refractivity contribution in [2.75, 3.05) is 12.0 Å². The van der Waals surface area contributed by atoms with Crippen molar-refractivity contribution < 1.29 is 14.8 Å². The van der Waals surface area contributed by atoms with Crippen LogP contribution in [0, 0.1) is 0 Å². The molecule has 3 aromatic rings. The molecular weight excluding hydrogens is 301 g/mol. The number of ether oxygens (including phenoxy) is 1. The Hall–Kier alpha value is -2.76. The van der Waals surface area contributed by atoms with Gasteiger partial charge in [0.05, 0.1) is 7.11 Å². The highest BCUT2D eigenvalue weighted by Crippen LogP contribution is 2.35. The summed E-state index contributed by atoms with van der Waals surface area (Å²) in [6.45, 7) is 0. The molecule has 4 nitrogen and oxygen atoms in total. The van der Waals surface area contributed by atoms with E-state index < -0.39 is 7.12 Å².